The van der Waals surface area contributed by atoms with E-state index in [2.05, 4.69) is 44.3 Å². The number of piperazine rings is 1. The summed E-state index contributed by atoms with van der Waals surface area (Å²) in [6.45, 7) is 4.77. The third-order valence-electron chi connectivity index (χ3n) is 6.49. The van der Waals surface area contributed by atoms with Crippen molar-refractivity contribution in [1.82, 2.24) is 19.4 Å². The van der Waals surface area contributed by atoms with Gasteiger partial charge in [0, 0.05) is 55.2 Å². The molecule has 4 aromatic rings. The number of fused-ring (bicyclic) bond motifs is 2. The Morgan fingerprint density at radius 2 is 1.74 bits per heavy atom. The summed E-state index contributed by atoms with van der Waals surface area (Å²) in [7, 11) is 2.16. The fourth-order valence-electron chi connectivity index (χ4n) is 4.46. The molecule has 9 nitrogen and oxygen atoms in total. The molecule has 2 aromatic heterocycles. The molecule has 35 heavy (non-hydrogen) atoms. The summed E-state index contributed by atoms with van der Waals surface area (Å²) >= 11 is 0. The zero-order valence-electron chi connectivity index (χ0n) is 19.5. The van der Waals surface area contributed by atoms with Crippen molar-refractivity contribution in [3.05, 3.63) is 76.7 Å². The maximum Gasteiger partial charge on any atom is 0.252 e. The number of nitrogens with one attached hydrogen (secondary N) is 1. The Kier molecular flexibility index (Phi) is 5.46. The predicted molar refractivity (Wildman–Crippen MR) is 135 cm³/mol. The third kappa shape index (κ3) is 4.38. The van der Waals surface area contributed by atoms with E-state index in [0.717, 1.165) is 42.8 Å². The molecule has 1 fully saturated rings. The quantitative estimate of drug-likeness (QED) is 0.477. The summed E-state index contributed by atoms with van der Waals surface area (Å²) in [6, 6.07) is 17.3. The molecule has 0 amide bonds. The molecule has 0 spiro atoms. The van der Waals surface area contributed by atoms with Gasteiger partial charge >= 0.3 is 0 Å². The largest absolute Gasteiger partial charge is 0.454 e. The van der Waals surface area contributed by atoms with Gasteiger partial charge in [0.2, 0.25) is 12.7 Å². The van der Waals surface area contributed by atoms with Gasteiger partial charge in [-0.3, -0.25) is 9.36 Å². The van der Waals surface area contributed by atoms with E-state index < -0.39 is 0 Å². The first-order valence-corrected chi connectivity index (χ1v) is 11.7. The summed E-state index contributed by atoms with van der Waals surface area (Å²) < 4.78 is 12.5. The number of pyridine rings is 1. The topological polar surface area (TPSA) is 84.8 Å². The molecule has 0 bridgehead atoms. The van der Waals surface area contributed by atoms with Crippen LogP contribution in [0.1, 0.15) is 5.56 Å². The van der Waals surface area contributed by atoms with Gasteiger partial charge in [-0.1, -0.05) is 6.07 Å². The number of anilines is 3. The van der Waals surface area contributed by atoms with Crippen LogP contribution in [0.5, 0.6) is 11.5 Å². The summed E-state index contributed by atoms with van der Waals surface area (Å²) in [5, 5.41) is 4.07. The Hall–Kier alpha value is -4.11. The van der Waals surface area contributed by atoms with Crippen molar-refractivity contribution in [3.8, 4) is 11.5 Å². The van der Waals surface area contributed by atoms with E-state index in [1.54, 1.807) is 22.9 Å². The molecular weight excluding hydrogens is 444 g/mol. The van der Waals surface area contributed by atoms with Gasteiger partial charge in [0.05, 0.1) is 6.54 Å². The van der Waals surface area contributed by atoms with Gasteiger partial charge in [0.1, 0.15) is 5.65 Å². The second-order valence-corrected chi connectivity index (χ2v) is 8.88. The van der Waals surface area contributed by atoms with Crippen molar-refractivity contribution in [2.75, 3.05) is 50.2 Å². The van der Waals surface area contributed by atoms with Gasteiger partial charge in [-0.15, -0.1) is 0 Å². The van der Waals surface area contributed by atoms with Crippen LogP contribution in [0.15, 0.2) is 65.6 Å². The smallest absolute Gasteiger partial charge is 0.252 e. The van der Waals surface area contributed by atoms with Crippen molar-refractivity contribution in [1.29, 1.82) is 0 Å². The molecule has 0 saturated carbocycles. The monoisotopic (exact) mass is 470 g/mol. The standard InChI is InChI=1S/C26H26N6O3/c1-30-10-12-31(13-11-30)21-6-4-20(5-7-21)28-26-27-15-19-3-9-24(33)32(25(19)29-26)16-18-2-8-22-23(14-18)35-17-34-22/h2-9,14-15H,10-13,16-17H2,1H3,(H,27,28,29). The number of ether oxygens (including phenoxy) is 2. The van der Waals surface area contributed by atoms with Crippen LogP contribution < -0.4 is 25.2 Å². The van der Waals surface area contributed by atoms with Gasteiger partial charge < -0.3 is 24.6 Å². The SMILES string of the molecule is CN1CCN(c2ccc(Nc3ncc4ccc(=O)n(Cc5ccc6c(c5)OCO6)c4n3)cc2)CC1. The van der Waals surface area contributed by atoms with Gasteiger partial charge in [-0.2, -0.15) is 4.98 Å². The number of benzene rings is 2. The summed E-state index contributed by atoms with van der Waals surface area (Å²) in [5.41, 5.74) is 3.47. The Morgan fingerprint density at radius 3 is 2.57 bits per heavy atom. The van der Waals surface area contributed by atoms with Gasteiger partial charge in [0.25, 0.3) is 5.56 Å². The predicted octanol–water partition coefficient (Wildman–Crippen LogP) is 3.06. The fourth-order valence-corrected chi connectivity index (χ4v) is 4.46. The maximum absolute atomic E-state index is 12.8. The minimum absolute atomic E-state index is 0.128. The van der Waals surface area contributed by atoms with Crippen molar-refractivity contribution < 1.29 is 9.47 Å². The normalized spacial score (nSPS) is 15.5. The number of hydrogen-bond acceptors (Lipinski definition) is 8. The lowest BCUT2D eigenvalue weighted by atomic mass is 10.2. The highest BCUT2D eigenvalue weighted by Crippen LogP contribution is 2.32. The third-order valence-corrected chi connectivity index (χ3v) is 6.49. The molecule has 1 N–H and O–H groups in total. The first kappa shape index (κ1) is 21.4. The minimum Gasteiger partial charge on any atom is -0.454 e. The number of rotatable bonds is 5. The average molecular weight is 471 g/mol. The molecule has 0 atom stereocenters. The number of likely N-dealkylation sites (N-methyl/N-ethyl adjacent to an activating group) is 1. The molecule has 2 aromatic carbocycles. The fraction of sp³-hybridized carbons (Fsp3) is 0.269. The van der Waals surface area contributed by atoms with Crippen LogP contribution in [0.25, 0.3) is 11.0 Å². The molecule has 0 radical (unpaired) electrons. The molecule has 0 unspecified atom stereocenters. The highest BCUT2D eigenvalue weighted by atomic mass is 16.7. The second kappa shape index (κ2) is 8.92. The summed E-state index contributed by atoms with van der Waals surface area (Å²) in [6.07, 6.45) is 1.73. The van der Waals surface area contributed by atoms with Crippen LogP contribution in [-0.4, -0.2) is 59.5 Å². The van der Waals surface area contributed by atoms with E-state index in [1.807, 2.05) is 30.3 Å². The minimum atomic E-state index is -0.128. The highest BCUT2D eigenvalue weighted by molar-refractivity contribution is 5.76. The van der Waals surface area contributed by atoms with Crippen molar-refractivity contribution in [2.45, 2.75) is 6.54 Å². The molecule has 1 saturated heterocycles. The van der Waals surface area contributed by atoms with Crippen molar-refractivity contribution in [3.63, 3.8) is 0 Å². The molecule has 178 valence electrons. The number of aromatic nitrogens is 3. The Bertz CT molecular complexity index is 1430. The van der Waals surface area contributed by atoms with E-state index in [-0.39, 0.29) is 12.4 Å². The van der Waals surface area contributed by atoms with E-state index in [4.69, 9.17) is 9.47 Å². The van der Waals surface area contributed by atoms with Gasteiger partial charge in [-0.25, -0.2) is 4.98 Å². The van der Waals surface area contributed by atoms with E-state index in [9.17, 15) is 4.79 Å². The van der Waals surface area contributed by atoms with Crippen LogP contribution in [0.3, 0.4) is 0 Å². The number of hydrogen-bond donors (Lipinski definition) is 1. The van der Waals surface area contributed by atoms with Crippen LogP contribution in [0.4, 0.5) is 17.3 Å². The molecule has 0 aliphatic carbocycles. The van der Waals surface area contributed by atoms with Crippen LogP contribution in [0, 0.1) is 0 Å². The molecule has 4 heterocycles. The average Bonchev–Trinajstić information content (AvgIpc) is 3.35. The molecule has 6 rings (SSSR count). The molecule has 2 aliphatic heterocycles. The number of nitrogens with zero attached hydrogens (tertiary/aromatic N) is 5. The van der Waals surface area contributed by atoms with Gasteiger partial charge in [0.15, 0.2) is 11.5 Å². The zero-order chi connectivity index (χ0) is 23.8. The summed E-state index contributed by atoms with van der Waals surface area (Å²) in [5.74, 6) is 1.84. The lowest BCUT2D eigenvalue weighted by Gasteiger charge is -2.34. The Balaban J connectivity index is 1.25. The zero-order valence-corrected chi connectivity index (χ0v) is 19.5. The van der Waals surface area contributed by atoms with Crippen LogP contribution in [-0.2, 0) is 6.54 Å². The van der Waals surface area contributed by atoms with E-state index in [1.165, 1.54) is 5.69 Å². The van der Waals surface area contributed by atoms with Crippen molar-refractivity contribution >= 4 is 28.4 Å². The lowest BCUT2D eigenvalue weighted by molar-refractivity contribution is 0.174. The first-order chi connectivity index (χ1) is 17.1. The molecular formula is C26H26N6O3. The highest BCUT2D eigenvalue weighted by Gasteiger charge is 2.16. The Morgan fingerprint density at radius 1 is 0.943 bits per heavy atom. The first-order valence-electron chi connectivity index (χ1n) is 11.7. The Labute approximate surface area is 202 Å². The van der Waals surface area contributed by atoms with Crippen LogP contribution >= 0.6 is 0 Å². The van der Waals surface area contributed by atoms with Crippen molar-refractivity contribution in [2.24, 2.45) is 0 Å². The summed E-state index contributed by atoms with van der Waals surface area (Å²) in [4.78, 5) is 26.7. The maximum atomic E-state index is 12.8. The second-order valence-electron chi connectivity index (χ2n) is 8.88. The van der Waals surface area contributed by atoms with E-state index in [0.29, 0.717) is 29.6 Å². The lowest BCUT2D eigenvalue weighted by Crippen LogP contribution is -2.44. The van der Waals surface area contributed by atoms with Crippen LogP contribution in [0.2, 0.25) is 0 Å². The molecule has 2 aliphatic rings. The van der Waals surface area contributed by atoms with E-state index >= 15 is 0 Å². The van der Waals surface area contributed by atoms with Gasteiger partial charge in [-0.05, 0) is 55.1 Å². The molecule has 9 heteroatoms.